The second-order valence-electron chi connectivity index (χ2n) is 3.31. The molecule has 0 aliphatic heterocycles. The van der Waals surface area contributed by atoms with Crippen LogP contribution in [0.1, 0.15) is 11.1 Å². The standard InChI is InChI=1S/C13H12O/c1-10-5-3-4-6-12(10)9-13-8-7-11(2)14-13/h3-9H,2H2,1H3/b13-9-. The fourth-order valence-corrected chi connectivity index (χ4v) is 1.37. The van der Waals surface area contributed by atoms with Crippen LogP contribution in [0.2, 0.25) is 0 Å². The molecule has 0 unspecified atom stereocenters. The minimum Gasteiger partial charge on any atom is -0.458 e. The van der Waals surface area contributed by atoms with Crippen LogP contribution in [-0.2, 0) is 0 Å². The van der Waals surface area contributed by atoms with Crippen molar-refractivity contribution in [3.63, 3.8) is 0 Å². The molecular weight excluding hydrogens is 172 g/mol. The van der Waals surface area contributed by atoms with Gasteiger partial charge in [-0.3, -0.25) is 0 Å². The lowest BCUT2D eigenvalue weighted by Gasteiger charge is -1.96. The molecule has 0 saturated heterocycles. The molecule has 0 aliphatic carbocycles. The fourth-order valence-electron chi connectivity index (χ4n) is 1.37. The lowest BCUT2D eigenvalue weighted by atomic mass is 10.1. The largest absolute Gasteiger partial charge is 0.458 e. The molecule has 1 nitrogen and oxygen atoms in total. The number of benzene rings is 1. The second kappa shape index (κ2) is 3.54. The predicted octanol–water partition coefficient (Wildman–Crippen LogP) is 1.83. The first-order valence-electron chi connectivity index (χ1n) is 4.58. The third-order valence-corrected chi connectivity index (χ3v) is 2.17. The average Bonchev–Trinajstić information content (AvgIpc) is 2.56. The molecular formula is C13H12O. The first-order valence-corrected chi connectivity index (χ1v) is 4.58. The zero-order chi connectivity index (χ0) is 9.97. The zero-order valence-corrected chi connectivity index (χ0v) is 8.16. The van der Waals surface area contributed by atoms with Crippen LogP contribution < -0.4 is 10.8 Å². The molecule has 70 valence electrons. The van der Waals surface area contributed by atoms with Crippen LogP contribution in [0.5, 0.6) is 0 Å². The SMILES string of the molecule is C=c1cc/c(=C/c2ccccc2C)o1. The van der Waals surface area contributed by atoms with Crippen LogP contribution in [0.4, 0.5) is 0 Å². The molecule has 14 heavy (non-hydrogen) atoms. The normalized spacial score (nSPS) is 11.9. The lowest BCUT2D eigenvalue weighted by molar-refractivity contribution is 0.503. The summed E-state index contributed by atoms with van der Waals surface area (Å²) in [7, 11) is 0. The zero-order valence-electron chi connectivity index (χ0n) is 8.16. The van der Waals surface area contributed by atoms with Gasteiger partial charge in [0.1, 0.15) is 10.8 Å². The van der Waals surface area contributed by atoms with Crippen LogP contribution in [0.3, 0.4) is 0 Å². The number of aryl methyl sites for hydroxylation is 1. The molecule has 2 aromatic rings. The van der Waals surface area contributed by atoms with Gasteiger partial charge < -0.3 is 4.42 Å². The molecule has 0 atom stereocenters. The van der Waals surface area contributed by atoms with E-state index in [2.05, 4.69) is 25.6 Å². The van der Waals surface area contributed by atoms with Gasteiger partial charge in [0.05, 0.1) is 0 Å². The highest BCUT2D eigenvalue weighted by Gasteiger charge is 1.92. The third kappa shape index (κ3) is 1.77. The van der Waals surface area contributed by atoms with Gasteiger partial charge in [0.2, 0.25) is 0 Å². The second-order valence-corrected chi connectivity index (χ2v) is 3.31. The topological polar surface area (TPSA) is 13.1 Å². The van der Waals surface area contributed by atoms with Gasteiger partial charge in [-0.2, -0.15) is 0 Å². The smallest absolute Gasteiger partial charge is 0.128 e. The molecule has 1 aromatic carbocycles. The molecule has 0 spiro atoms. The number of rotatable bonds is 1. The van der Waals surface area contributed by atoms with Gasteiger partial charge >= 0.3 is 0 Å². The molecule has 0 amide bonds. The van der Waals surface area contributed by atoms with E-state index in [0.29, 0.717) is 5.42 Å². The fraction of sp³-hybridized carbons (Fsp3) is 0.0769. The van der Waals surface area contributed by atoms with Crippen LogP contribution >= 0.6 is 0 Å². The number of furan rings is 1. The summed E-state index contributed by atoms with van der Waals surface area (Å²) >= 11 is 0. The molecule has 0 bridgehead atoms. The van der Waals surface area contributed by atoms with E-state index in [4.69, 9.17) is 4.42 Å². The Hall–Kier alpha value is -1.76. The summed E-state index contributed by atoms with van der Waals surface area (Å²) < 4.78 is 5.38. The first-order chi connectivity index (χ1) is 6.75. The van der Waals surface area contributed by atoms with E-state index in [1.54, 1.807) is 0 Å². The molecule has 0 saturated carbocycles. The quantitative estimate of drug-likeness (QED) is 0.659. The summed E-state index contributed by atoms with van der Waals surface area (Å²) in [4.78, 5) is 0. The van der Waals surface area contributed by atoms with Gasteiger partial charge in [0.15, 0.2) is 0 Å². The van der Waals surface area contributed by atoms with E-state index in [0.717, 1.165) is 5.42 Å². The van der Waals surface area contributed by atoms with Gasteiger partial charge in [-0.25, -0.2) is 0 Å². The molecule has 1 heteroatoms. The summed E-state index contributed by atoms with van der Waals surface area (Å²) in [6.45, 7) is 5.80. The van der Waals surface area contributed by atoms with Crippen molar-refractivity contribution in [2.24, 2.45) is 0 Å². The summed E-state index contributed by atoms with van der Waals surface area (Å²) in [5.74, 6) is 0. The van der Waals surface area contributed by atoms with Gasteiger partial charge in [0.25, 0.3) is 0 Å². The summed E-state index contributed by atoms with van der Waals surface area (Å²) in [5, 5.41) is 0. The summed E-state index contributed by atoms with van der Waals surface area (Å²) in [5.41, 5.74) is 3.98. The van der Waals surface area contributed by atoms with Crippen molar-refractivity contribution in [3.05, 3.63) is 58.4 Å². The molecule has 1 aromatic heterocycles. The molecule has 0 radical (unpaired) electrons. The number of hydrogen-bond acceptors (Lipinski definition) is 1. The van der Waals surface area contributed by atoms with Crippen molar-refractivity contribution in [2.45, 2.75) is 6.92 Å². The van der Waals surface area contributed by atoms with E-state index in [9.17, 15) is 0 Å². The minimum atomic E-state index is 0.699. The van der Waals surface area contributed by atoms with Crippen LogP contribution in [0.15, 0.2) is 40.8 Å². The molecule has 0 aliphatic rings. The van der Waals surface area contributed by atoms with Crippen molar-refractivity contribution in [1.29, 1.82) is 0 Å². The van der Waals surface area contributed by atoms with Crippen LogP contribution in [0.25, 0.3) is 12.7 Å². The van der Waals surface area contributed by atoms with E-state index in [1.807, 2.05) is 30.3 Å². The maximum atomic E-state index is 5.38. The average molecular weight is 184 g/mol. The summed E-state index contributed by atoms with van der Waals surface area (Å²) in [6.07, 6.45) is 2.02. The van der Waals surface area contributed by atoms with E-state index in [-0.39, 0.29) is 0 Å². The Morgan fingerprint density at radius 3 is 2.57 bits per heavy atom. The Morgan fingerprint density at radius 1 is 1.14 bits per heavy atom. The summed E-state index contributed by atoms with van der Waals surface area (Å²) in [6, 6.07) is 12.0. The molecule has 0 fully saturated rings. The predicted molar refractivity (Wildman–Crippen MR) is 58.2 cm³/mol. The molecule has 0 N–H and O–H groups in total. The maximum absolute atomic E-state index is 5.38. The first kappa shape index (κ1) is 8.82. The Morgan fingerprint density at radius 2 is 1.93 bits per heavy atom. The van der Waals surface area contributed by atoms with Gasteiger partial charge in [-0.15, -0.1) is 0 Å². The van der Waals surface area contributed by atoms with E-state index < -0.39 is 0 Å². The Labute approximate surface area is 83.0 Å². The molecule has 1 heterocycles. The van der Waals surface area contributed by atoms with Gasteiger partial charge in [-0.1, -0.05) is 30.8 Å². The van der Waals surface area contributed by atoms with Crippen molar-refractivity contribution in [1.82, 2.24) is 0 Å². The van der Waals surface area contributed by atoms with Gasteiger partial charge in [0, 0.05) is 0 Å². The Balaban J connectivity index is 2.54. The lowest BCUT2D eigenvalue weighted by Crippen LogP contribution is -1.98. The van der Waals surface area contributed by atoms with Crippen molar-refractivity contribution in [2.75, 3.05) is 0 Å². The highest BCUT2D eigenvalue weighted by molar-refractivity contribution is 5.51. The highest BCUT2D eigenvalue weighted by Crippen LogP contribution is 2.06. The monoisotopic (exact) mass is 184 g/mol. The van der Waals surface area contributed by atoms with E-state index >= 15 is 0 Å². The van der Waals surface area contributed by atoms with Gasteiger partial charge in [-0.05, 0) is 36.3 Å². The van der Waals surface area contributed by atoms with Crippen LogP contribution in [-0.4, -0.2) is 0 Å². The van der Waals surface area contributed by atoms with Crippen molar-refractivity contribution >= 4 is 12.7 Å². The maximum Gasteiger partial charge on any atom is 0.128 e. The molecule has 2 rings (SSSR count). The minimum absolute atomic E-state index is 0.699. The van der Waals surface area contributed by atoms with E-state index in [1.165, 1.54) is 11.1 Å². The van der Waals surface area contributed by atoms with Crippen LogP contribution in [0, 0.1) is 6.92 Å². The number of hydrogen-bond donors (Lipinski definition) is 0. The Kier molecular flexibility index (Phi) is 2.23. The van der Waals surface area contributed by atoms with Crippen molar-refractivity contribution in [3.8, 4) is 0 Å². The third-order valence-electron chi connectivity index (χ3n) is 2.17. The van der Waals surface area contributed by atoms with Crippen molar-refractivity contribution < 1.29 is 4.42 Å². The highest BCUT2D eigenvalue weighted by atomic mass is 16.3. The Bertz CT molecular complexity index is 534.